The molecule has 0 aliphatic heterocycles. The summed E-state index contributed by atoms with van der Waals surface area (Å²) < 4.78 is 12.3. The molecule has 53 heavy (non-hydrogen) atoms. The fourth-order valence-corrected chi connectivity index (χ4v) is 7.22. The van der Waals surface area contributed by atoms with Crippen LogP contribution in [0.2, 0.25) is 0 Å². The van der Waals surface area contributed by atoms with Gasteiger partial charge in [-0.15, -0.1) is 0 Å². The number of phenols is 1. The number of aromatic hydroxyl groups is 1. The van der Waals surface area contributed by atoms with E-state index in [1.165, 1.54) is 108 Å². The standard InChI is InChI=1S/C47H63N3O3/c1-3-5-7-9-11-13-15-17-19-25-33-52-38-31-32-42(44(51)36-38)45-48-46(43-35-37-27-21-22-28-39(37)40-29-23-24-30-41(40)43)50-47(49-45)53-34-26-20-18-16-14-12-10-8-6-4-2/h21-24,27-32,35-36,51H,3-20,25-26,33-34H2,1-2H3. The summed E-state index contributed by atoms with van der Waals surface area (Å²) in [7, 11) is 0. The van der Waals surface area contributed by atoms with E-state index in [4.69, 9.17) is 24.4 Å². The highest BCUT2D eigenvalue weighted by Crippen LogP contribution is 2.36. The van der Waals surface area contributed by atoms with Gasteiger partial charge < -0.3 is 14.6 Å². The molecule has 5 aromatic rings. The molecule has 284 valence electrons. The highest BCUT2D eigenvalue weighted by molar-refractivity contribution is 6.13. The Morgan fingerprint density at radius 3 is 1.53 bits per heavy atom. The van der Waals surface area contributed by atoms with E-state index < -0.39 is 0 Å². The van der Waals surface area contributed by atoms with Crippen molar-refractivity contribution in [1.82, 2.24) is 15.0 Å². The number of unbranched alkanes of at least 4 members (excludes halogenated alkanes) is 18. The molecule has 0 bridgehead atoms. The van der Waals surface area contributed by atoms with Crippen LogP contribution in [0.25, 0.3) is 44.3 Å². The van der Waals surface area contributed by atoms with Gasteiger partial charge >= 0.3 is 6.01 Å². The van der Waals surface area contributed by atoms with Crippen LogP contribution in [-0.4, -0.2) is 33.3 Å². The molecule has 6 heteroatoms. The Labute approximate surface area is 318 Å². The smallest absolute Gasteiger partial charge is 0.320 e. The third kappa shape index (κ3) is 12.7. The van der Waals surface area contributed by atoms with E-state index in [0.717, 1.165) is 47.4 Å². The molecule has 1 N–H and O–H groups in total. The molecule has 0 saturated heterocycles. The second-order valence-electron chi connectivity index (χ2n) is 14.7. The topological polar surface area (TPSA) is 77.4 Å². The van der Waals surface area contributed by atoms with Crippen LogP contribution < -0.4 is 9.47 Å². The lowest BCUT2D eigenvalue weighted by Crippen LogP contribution is -2.05. The third-order valence-electron chi connectivity index (χ3n) is 10.3. The van der Waals surface area contributed by atoms with Gasteiger partial charge in [0.05, 0.1) is 18.8 Å². The predicted molar refractivity (Wildman–Crippen MR) is 222 cm³/mol. The molecule has 0 aliphatic carbocycles. The number of nitrogens with zero attached hydrogens (tertiary/aromatic N) is 3. The van der Waals surface area contributed by atoms with Crippen molar-refractivity contribution in [3.8, 4) is 40.3 Å². The normalized spacial score (nSPS) is 11.4. The van der Waals surface area contributed by atoms with Crippen LogP contribution in [0.15, 0.2) is 72.8 Å². The van der Waals surface area contributed by atoms with Crippen LogP contribution in [0.3, 0.4) is 0 Å². The Balaban J connectivity index is 1.25. The number of hydrogen-bond donors (Lipinski definition) is 1. The van der Waals surface area contributed by atoms with Crippen molar-refractivity contribution in [2.45, 2.75) is 142 Å². The molecule has 0 fully saturated rings. The fourth-order valence-electron chi connectivity index (χ4n) is 7.22. The Morgan fingerprint density at radius 1 is 0.453 bits per heavy atom. The van der Waals surface area contributed by atoms with Gasteiger partial charge in [0.25, 0.3) is 0 Å². The van der Waals surface area contributed by atoms with E-state index in [-0.39, 0.29) is 11.8 Å². The first kappa shape index (κ1) is 40.0. The first-order valence-corrected chi connectivity index (χ1v) is 20.9. The van der Waals surface area contributed by atoms with E-state index in [2.05, 4.69) is 62.4 Å². The minimum Gasteiger partial charge on any atom is -0.507 e. The zero-order valence-corrected chi connectivity index (χ0v) is 32.6. The Bertz CT molecular complexity index is 1810. The summed E-state index contributed by atoms with van der Waals surface area (Å²) in [4.78, 5) is 14.5. The van der Waals surface area contributed by atoms with Crippen LogP contribution in [0, 0.1) is 0 Å². The van der Waals surface area contributed by atoms with Crippen LogP contribution in [0.5, 0.6) is 17.5 Å². The highest BCUT2D eigenvalue weighted by atomic mass is 16.5. The van der Waals surface area contributed by atoms with Crippen molar-refractivity contribution in [3.63, 3.8) is 0 Å². The summed E-state index contributed by atoms with van der Waals surface area (Å²) in [6, 6.07) is 24.6. The van der Waals surface area contributed by atoms with E-state index in [1.54, 1.807) is 6.07 Å². The van der Waals surface area contributed by atoms with Crippen molar-refractivity contribution in [2.75, 3.05) is 13.2 Å². The number of benzene rings is 4. The largest absolute Gasteiger partial charge is 0.507 e. The number of aromatic nitrogens is 3. The lowest BCUT2D eigenvalue weighted by atomic mass is 9.97. The van der Waals surface area contributed by atoms with Crippen molar-refractivity contribution >= 4 is 21.5 Å². The second-order valence-corrected chi connectivity index (χ2v) is 14.7. The summed E-state index contributed by atoms with van der Waals surface area (Å²) in [5, 5.41) is 15.7. The molecule has 0 amide bonds. The number of hydrogen-bond acceptors (Lipinski definition) is 6. The van der Waals surface area contributed by atoms with Crippen molar-refractivity contribution in [3.05, 3.63) is 72.8 Å². The predicted octanol–water partition coefficient (Wildman–Crippen LogP) is 13.8. The van der Waals surface area contributed by atoms with Crippen molar-refractivity contribution in [1.29, 1.82) is 0 Å². The molecule has 0 aliphatic rings. The zero-order valence-electron chi connectivity index (χ0n) is 32.6. The molecule has 0 saturated carbocycles. The van der Waals surface area contributed by atoms with Gasteiger partial charge in [-0.2, -0.15) is 9.97 Å². The van der Waals surface area contributed by atoms with Gasteiger partial charge in [0.2, 0.25) is 0 Å². The van der Waals surface area contributed by atoms with Crippen LogP contribution in [-0.2, 0) is 0 Å². The van der Waals surface area contributed by atoms with E-state index in [9.17, 15) is 5.11 Å². The molecule has 0 unspecified atom stereocenters. The number of rotatable bonds is 26. The van der Waals surface area contributed by atoms with Gasteiger partial charge in [-0.25, -0.2) is 4.98 Å². The number of fused-ring (bicyclic) bond motifs is 3. The molecular formula is C47H63N3O3. The minimum absolute atomic E-state index is 0.0757. The summed E-state index contributed by atoms with van der Waals surface area (Å²) in [5.41, 5.74) is 1.43. The van der Waals surface area contributed by atoms with Gasteiger partial charge in [0.15, 0.2) is 11.6 Å². The quantitative estimate of drug-likeness (QED) is 0.0453. The van der Waals surface area contributed by atoms with E-state index in [0.29, 0.717) is 36.2 Å². The SMILES string of the molecule is CCCCCCCCCCCCOc1ccc(-c2nc(OCCCCCCCCCCCC)nc(-c3cc4ccccc4c4ccccc34)n2)c(O)c1. The molecular weight excluding hydrogens is 655 g/mol. The average molecular weight is 718 g/mol. The van der Waals surface area contributed by atoms with Gasteiger partial charge in [-0.3, -0.25) is 0 Å². The minimum atomic E-state index is 0.0757. The first-order chi connectivity index (χ1) is 26.2. The number of ether oxygens (including phenoxy) is 2. The third-order valence-corrected chi connectivity index (χ3v) is 10.3. The molecule has 0 atom stereocenters. The molecule has 0 radical (unpaired) electrons. The lowest BCUT2D eigenvalue weighted by Gasteiger charge is -2.13. The summed E-state index contributed by atoms with van der Waals surface area (Å²) >= 11 is 0. The Hall–Kier alpha value is -4.19. The summed E-state index contributed by atoms with van der Waals surface area (Å²) in [6.45, 7) is 5.71. The van der Waals surface area contributed by atoms with Gasteiger partial charge in [-0.1, -0.05) is 178 Å². The van der Waals surface area contributed by atoms with Gasteiger partial charge in [0, 0.05) is 11.6 Å². The summed E-state index contributed by atoms with van der Waals surface area (Å²) in [6.07, 6.45) is 25.4. The van der Waals surface area contributed by atoms with Gasteiger partial charge in [-0.05, 0) is 52.6 Å². The monoisotopic (exact) mass is 717 g/mol. The second kappa shape index (κ2) is 22.8. The fraction of sp³-hybridized carbons (Fsp3) is 0.511. The Morgan fingerprint density at radius 2 is 0.943 bits per heavy atom. The first-order valence-electron chi connectivity index (χ1n) is 20.9. The molecule has 0 spiro atoms. The van der Waals surface area contributed by atoms with Gasteiger partial charge in [0.1, 0.15) is 11.5 Å². The molecule has 1 aromatic heterocycles. The Kier molecular flexibility index (Phi) is 17.2. The molecule has 4 aromatic carbocycles. The highest BCUT2D eigenvalue weighted by Gasteiger charge is 2.18. The van der Waals surface area contributed by atoms with Crippen LogP contribution in [0.4, 0.5) is 0 Å². The maximum Gasteiger partial charge on any atom is 0.320 e. The van der Waals surface area contributed by atoms with Crippen LogP contribution >= 0.6 is 0 Å². The maximum atomic E-state index is 11.2. The molecule has 1 heterocycles. The average Bonchev–Trinajstić information content (AvgIpc) is 3.18. The molecule has 6 nitrogen and oxygen atoms in total. The van der Waals surface area contributed by atoms with E-state index in [1.807, 2.05) is 18.2 Å². The zero-order chi connectivity index (χ0) is 36.9. The van der Waals surface area contributed by atoms with E-state index >= 15 is 0 Å². The maximum absolute atomic E-state index is 11.2. The van der Waals surface area contributed by atoms with Crippen molar-refractivity contribution < 1.29 is 14.6 Å². The number of phenolic OH excluding ortho intramolecular Hbond substituents is 1. The van der Waals surface area contributed by atoms with Crippen LogP contribution in [0.1, 0.15) is 142 Å². The lowest BCUT2D eigenvalue weighted by molar-refractivity contribution is 0.281. The molecule has 5 rings (SSSR count). The summed E-state index contributed by atoms with van der Waals surface area (Å²) in [5.74, 6) is 1.63. The van der Waals surface area contributed by atoms with Crippen molar-refractivity contribution in [2.24, 2.45) is 0 Å².